The molecule has 0 aliphatic carbocycles. The summed E-state index contributed by atoms with van der Waals surface area (Å²) in [5.41, 5.74) is 0. The molecular formula is C15H14N2O3S. The van der Waals surface area contributed by atoms with Gasteiger partial charge in [-0.25, -0.2) is 0 Å². The van der Waals surface area contributed by atoms with Crippen LogP contribution in [0.25, 0.3) is 10.1 Å². The Morgan fingerprint density at radius 3 is 2.76 bits per heavy atom. The molecule has 6 heteroatoms. The average molecular weight is 302 g/mol. The summed E-state index contributed by atoms with van der Waals surface area (Å²) in [6, 6.07) is 8.89. The molecule has 1 aromatic carbocycles. The van der Waals surface area contributed by atoms with Gasteiger partial charge in [-0.2, -0.15) is 0 Å². The average Bonchev–Trinajstić information content (AvgIpc) is 3.03. The molecule has 1 fully saturated rings. The maximum Gasteiger partial charge on any atom is 0.264 e. The molecule has 2 heterocycles. The zero-order chi connectivity index (χ0) is 15.0. The van der Waals surface area contributed by atoms with Crippen molar-refractivity contribution in [1.29, 1.82) is 0 Å². The minimum absolute atomic E-state index is 0.0449. The van der Waals surface area contributed by atoms with E-state index in [1.807, 2.05) is 30.3 Å². The van der Waals surface area contributed by atoms with Crippen LogP contribution in [0.15, 0.2) is 30.3 Å². The lowest BCUT2D eigenvalue weighted by molar-refractivity contribution is -0.126. The molecule has 5 nitrogen and oxygen atoms in total. The SMILES string of the molecule is CCN(C(=O)c1cc2ccccc2s1)[C@H]1CC(=O)NC1=O. The Hall–Kier alpha value is -2.21. The van der Waals surface area contributed by atoms with Crippen molar-refractivity contribution in [2.24, 2.45) is 0 Å². The molecule has 0 spiro atoms. The molecule has 1 N–H and O–H groups in total. The third kappa shape index (κ3) is 2.42. The van der Waals surface area contributed by atoms with E-state index >= 15 is 0 Å². The standard InChI is InChI=1S/C15H14N2O3S/c1-2-17(10-8-13(18)16-14(10)19)15(20)12-7-9-5-3-4-6-11(9)21-12/h3-7,10H,2,8H2,1H3,(H,16,18,19)/t10-/m0/s1. The fraction of sp³-hybridized carbons (Fsp3) is 0.267. The Morgan fingerprint density at radius 1 is 1.38 bits per heavy atom. The molecule has 21 heavy (non-hydrogen) atoms. The summed E-state index contributed by atoms with van der Waals surface area (Å²) in [5, 5.41) is 3.25. The minimum atomic E-state index is -0.694. The summed E-state index contributed by atoms with van der Waals surface area (Å²) in [6.45, 7) is 2.19. The van der Waals surface area contributed by atoms with Crippen molar-refractivity contribution in [3.63, 3.8) is 0 Å². The molecule has 1 aromatic heterocycles. The fourth-order valence-corrected chi connectivity index (χ4v) is 3.54. The second-order valence-corrected chi connectivity index (χ2v) is 5.96. The van der Waals surface area contributed by atoms with Crippen LogP contribution in [0.2, 0.25) is 0 Å². The molecule has 1 atom stereocenters. The molecule has 3 amide bonds. The van der Waals surface area contributed by atoms with E-state index < -0.39 is 11.9 Å². The van der Waals surface area contributed by atoms with Crippen molar-refractivity contribution in [2.75, 3.05) is 6.54 Å². The van der Waals surface area contributed by atoms with E-state index in [9.17, 15) is 14.4 Å². The molecule has 0 bridgehead atoms. The number of hydrogen-bond acceptors (Lipinski definition) is 4. The number of imide groups is 1. The second-order valence-electron chi connectivity index (χ2n) is 4.87. The monoisotopic (exact) mass is 302 g/mol. The number of hydrogen-bond donors (Lipinski definition) is 1. The van der Waals surface area contributed by atoms with Crippen molar-refractivity contribution < 1.29 is 14.4 Å². The molecule has 1 saturated heterocycles. The summed E-state index contributed by atoms with van der Waals surface area (Å²) in [7, 11) is 0. The number of nitrogens with zero attached hydrogens (tertiary/aromatic N) is 1. The Labute approximate surface area is 125 Å². The maximum absolute atomic E-state index is 12.6. The summed E-state index contributed by atoms with van der Waals surface area (Å²) >= 11 is 1.40. The molecule has 0 radical (unpaired) electrons. The van der Waals surface area contributed by atoms with Gasteiger partial charge in [-0.05, 0) is 24.4 Å². The lowest BCUT2D eigenvalue weighted by atomic mass is 10.2. The van der Waals surface area contributed by atoms with Crippen LogP contribution in [0, 0.1) is 0 Å². The largest absolute Gasteiger partial charge is 0.326 e. The highest BCUT2D eigenvalue weighted by Crippen LogP contribution is 2.27. The summed E-state index contributed by atoms with van der Waals surface area (Å²) in [5.74, 6) is -0.919. The summed E-state index contributed by atoms with van der Waals surface area (Å²) in [6.07, 6.45) is 0.0449. The van der Waals surface area contributed by atoms with Crippen LogP contribution in [0.5, 0.6) is 0 Å². The Kier molecular flexibility index (Phi) is 3.47. The zero-order valence-electron chi connectivity index (χ0n) is 11.5. The number of nitrogens with one attached hydrogen (secondary N) is 1. The third-order valence-electron chi connectivity index (χ3n) is 3.56. The van der Waals surface area contributed by atoms with E-state index in [4.69, 9.17) is 0 Å². The van der Waals surface area contributed by atoms with Gasteiger partial charge >= 0.3 is 0 Å². The molecule has 0 unspecified atom stereocenters. The van der Waals surface area contributed by atoms with E-state index in [1.54, 1.807) is 6.92 Å². The van der Waals surface area contributed by atoms with E-state index in [2.05, 4.69) is 5.32 Å². The first kappa shape index (κ1) is 13.8. The van der Waals surface area contributed by atoms with Gasteiger partial charge in [0.1, 0.15) is 6.04 Å². The van der Waals surface area contributed by atoms with Gasteiger partial charge in [0, 0.05) is 11.2 Å². The number of fused-ring (bicyclic) bond motifs is 1. The quantitative estimate of drug-likeness (QED) is 0.879. The molecule has 1 aliphatic heterocycles. The smallest absolute Gasteiger partial charge is 0.264 e. The van der Waals surface area contributed by atoms with Gasteiger partial charge in [0.25, 0.3) is 5.91 Å². The van der Waals surface area contributed by atoms with Crippen molar-refractivity contribution in [1.82, 2.24) is 10.2 Å². The third-order valence-corrected chi connectivity index (χ3v) is 4.66. The van der Waals surface area contributed by atoms with Crippen LogP contribution >= 0.6 is 11.3 Å². The molecule has 0 saturated carbocycles. The Morgan fingerprint density at radius 2 is 2.14 bits per heavy atom. The number of rotatable bonds is 3. The fourth-order valence-electron chi connectivity index (χ4n) is 2.53. The van der Waals surface area contributed by atoms with Crippen LogP contribution in [0.3, 0.4) is 0 Å². The van der Waals surface area contributed by atoms with E-state index in [-0.39, 0.29) is 18.2 Å². The van der Waals surface area contributed by atoms with Gasteiger partial charge in [0.15, 0.2) is 0 Å². The molecule has 108 valence electrons. The predicted molar refractivity (Wildman–Crippen MR) is 80.1 cm³/mol. The zero-order valence-corrected chi connectivity index (χ0v) is 12.3. The highest BCUT2D eigenvalue weighted by Gasteiger charge is 2.37. The van der Waals surface area contributed by atoms with Gasteiger partial charge < -0.3 is 4.90 Å². The first-order chi connectivity index (χ1) is 10.1. The van der Waals surface area contributed by atoms with Crippen LogP contribution in [-0.4, -0.2) is 35.2 Å². The van der Waals surface area contributed by atoms with Gasteiger partial charge in [-0.1, -0.05) is 18.2 Å². The van der Waals surface area contributed by atoms with E-state index in [0.29, 0.717) is 11.4 Å². The van der Waals surface area contributed by atoms with Crippen molar-refractivity contribution in [2.45, 2.75) is 19.4 Å². The number of thiophene rings is 1. The van der Waals surface area contributed by atoms with Crippen molar-refractivity contribution >= 4 is 39.1 Å². The predicted octanol–water partition coefficient (Wildman–Crippen LogP) is 1.78. The number of likely N-dealkylation sites (N-methyl/N-ethyl adjacent to an activating group) is 1. The van der Waals surface area contributed by atoms with Crippen molar-refractivity contribution in [3.8, 4) is 0 Å². The summed E-state index contributed by atoms with van der Waals surface area (Å²) < 4.78 is 1.03. The lowest BCUT2D eigenvalue weighted by Gasteiger charge is -2.24. The first-order valence-electron chi connectivity index (χ1n) is 6.73. The molecular weight excluding hydrogens is 288 g/mol. The van der Waals surface area contributed by atoms with Gasteiger partial charge in [-0.3, -0.25) is 19.7 Å². The van der Waals surface area contributed by atoms with E-state index in [0.717, 1.165) is 10.1 Å². The van der Waals surface area contributed by atoms with Gasteiger partial charge in [0.05, 0.1) is 11.3 Å². The Balaban J connectivity index is 1.91. The first-order valence-corrected chi connectivity index (χ1v) is 7.55. The molecule has 3 rings (SSSR count). The second kappa shape index (κ2) is 5.29. The molecule has 2 aromatic rings. The minimum Gasteiger partial charge on any atom is -0.326 e. The topological polar surface area (TPSA) is 66.5 Å². The van der Waals surface area contributed by atoms with Crippen LogP contribution < -0.4 is 5.32 Å². The van der Waals surface area contributed by atoms with Crippen molar-refractivity contribution in [3.05, 3.63) is 35.2 Å². The number of amides is 3. The van der Waals surface area contributed by atoms with Crippen LogP contribution in [0.4, 0.5) is 0 Å². The lowest BCUT2D eigenvalue weighted by Crippen LogP contribution is -2.44. The molecule has 1 aliphatic rings. The van der Waals surface area contributed by atoms with Crippen LogP contribution in [-0.2, 0) is 9.59 Å². The van der Waals surface area contributed by atoms with E-state index in [1.165, 1.54) is 16.2 Å². The highest BCUT2D eigenvalue weighted by molar-refractivity contribution is 7.20. The number of carbonyl (C=O) groups excluding carboxylic acids is 3. The Bertz CT molecular complexity index is 704. The maximum atomic E-state index is 12.6. The van der Waals surface area contributed by atoms with Gasteiger partial charge in [-0.15, -0.1) is 11.3 Å². The van der Waals surface area contributed by atoms with Gasteiger partial charge in [0.2, 0.25) is 11.8 Å². The van der Waals surface area contributed by atoms with Crippen LogP contribution in [0.1, 0.15) is 23.0 Å². The number of benzene rings is 1. The highest BCUT2D eigenvalue weighted by atomic mass is 32.1. The summed E-state index contributed by atoms with van der Waals surface area (Å²) in [4.78, 5) is 37.8. The normalized spacial score (nSPS) is 18.0. The number of carbonyl (C=O) groups is 3.